The van der Waals surface area contributed by atoms with Crippen molar-refractivity contribution in [3.05, 3.63) is 0 Å². The minimum absolute atomic E-state index is 0.196. The predicted molar refractivity (Wildman–Crippen MR) is 74.2 cm³/mol. The second kappa shape index (κ2) is 5.53. The molecule has 2 nitrogen and oxygen atoms in total. The zero-order valence-corrected chi connectivity index (χ0v) is 12.5. The highest BCUT2D eigenvalue weighted by atomic mass is 127. The van der Waals surface area contributed by atoms with Gasteiger partial charge in [-0.15, -0.1) is 0 Å². The SMILES string of the molecule is CC1CC(OC2(CI)CCCC2)CC(C)O1. The van der Waals surface area contributed by atoms with Gasteiger partial charge in [-0.1, -0.05) is 35.4 Å². The molecule has 0 N–H and O–H groups in total. The lowest BCUT2D eigenvalue weighted by atomic mass is 9.99. The van der Waals surface area contributed by atoms with Crippen molar-refractivity contribution in [3.8, 4) is 0 Å². The summed E-state index contributed by atoms with van der Waals surface area (Å²) in [6.45, 7) is 4.33. The fourth-order valence-corrected chi connectivity index (χ4v) is 4.04. The third-order valence-corrected chi connectivity index (χ3v) is 5.22. The summed E-state index contributed by atoms with van der Waals surface area (Å²) in [5.74, 6) is 0. The first-order valence-corrected chi connectivity index (χ1v) is 8.05. The molecule has 1 aliphatic carbocycles. The highest BCUT2D eigenvalue weighted by Gasteiger charge is 2.38. The lowest BCUT2D eigenvalue weighted by molar-refractivity contribution is -0.147. The fraction of sp³-hybridized carbons (Fsp3) is 1.00. The minimum Gasteiger partial charge on any atom is -0.375 e. The van der Waals surface area contributed by atoms with Crippen LogP contribution in [0.25, 0.3) is 0 Å². The van der Waals surface area contributed by atoms with Gasteiger partial charge in [0.15, 0.2) is 0 Å². The van der Waals surface area contributed by atoms with Crippen molar-refractivity contribution in [2.45, 2.75) is 76.3 Å². The van der Waals surface area contributed by atoms with E-state index in [9.17, 15) is 0 Å². The van der Waals surface area contributed by atoms with E-state index in [4.69, 9.17) is 9.47 Å². The molecule has 0 aromatic heterocycles. The van der Waals surface area contributed by atoms with Gasteiger partial charge >= 0.3 is 0 Å². The number of alkyl halides is 1. The van der Waals surface area contributed by atoms with Gasteiger partial charge in [0.05, 0.1) is 23.9 Å². The Kier molecular flexibility index (Phi) is 4.52. The average Bonchev–Trinajstić information content (AvgIpc) is 2.65. The first kappa shape index (κ1) is 13.1. The molecule has 0 spiro atoms. The zero-order chi connectivity index (χ0) is 11.6. The molecule has 1 heterocycles. The van der Waals surface area contributed by atoms with Gasteiger partial charge < -0.3 is 9.47 Å². The fourth-order valence-electron chi connectivity index (χ4n) is 3.10. The molecule has 2 fully saturated rings. The quantitative estimate of drug-likeness (QED) is 0.577. The summed E-state index contributed by atoms with van der Waals surface area (Å²) in [7, 11) is 0. The number of hydrogen-bond donors (Lipinski definition) is 0. The largest absolute Gasteiger partial charge is 0.375 e. The molecule has 0 radical (unpaired) electrons. The van der Waals surface area contributed by atoms with E-state index in [0.717, 1.165) is 17.3 Å². The topological polar surface area (TPSA) is 18.5 Å². The number of halogens is 1. The van der Waals surface area contributed by atoms with Crippen LogP contribution in [0.5, 0.6) is 0 Å². The molecule has 0 bridgehead atoms. The predicted octanol–water partition coefficient (Wildman–Crippen LogP) is 3.71. The Morgan fingerprint density at radius 1 is 1.19 bits per heavy atom. The summed E-state index contributed by atoms with van der Waals surface area (Å²) < 4.78 is 13.4. The van der Waals surface area contributed by atoms with Crippen molar-refractivity contribution in [1.82, 2.24) is 0 Å². The standard InChI is InChI=1S/C13H23IO2/c1-10-7-12(8-11(2)15-10)16-13(9-14)5-3-4-6-13/h10-12H,3-9H2,1-2H3. The van der Waals surface area contributed by atoms with Crippen LogP contribution >= 0.6 is 22.6 Å². The molecule has 2 unspecified atom stereocenters. The lowest BCUT2D eigenvalue weighted by Crippen LogP contribution is -2.41. The molecule has 0 aromatic carbocycles. The van der Waals surface area contributed by atoms with Crippen LogP contribution in [0, 0.1) is 0 Å². The van der Waals surface area contributed by atoms with Crippen LogP contribution < -0.4 is 0 Å². The summed E-state index contributed by atoms with van der Waals surface area (Å²) in [6.07, 6.45) is 8.50. The monoisotopic (exact) mass is 338 g/mol. The molecule has 3 heteroatoms. The summed E-state index contributed by atoms with van der Waals surface area (Å²) in [5, 5.41) is 0. The van der Waals surface area contributed by atoms with Gasteiger partial charge in [-0.25, -0.2) is 0 Å². The van der Waals surface area contributed by atoms with Crippen molar-refractivity contribution >= 4 is 22.6 Å². The van der Waals surface area contributed by atoms with E-state index < -0.39 is 0 Å². The van der Waals surface area contributed by atoms with Crippen molar-refractivity contribution in [2.75, 3.05) is 4.43 Å². The van der Waals surface area contributed by atoms with Gasteiger partial charge in [0, 0.05) is 4.43 Å². The first-order chi connectivity index (χ1) is 7.63. The van der Waals surface area contributed by atoms with E-state index in [1.165, 1.54) is 25.7 Å². The molecular weight excluding hydrogens is 315 g/mol. The van der Waals surface area contributed by atoms with Gasteiger partial charge in [0.2, 0.25) is 0 Å². The van der Waals surface area contributed by atoms with Gasteiger partial charge in [-0.05, 0) is 39.5 Å². The van der Waals surface area contributed by atoms with Crippen LogP contribution in [0.4, 0.5) is 0 Å². The Hall–Kier alpha value is 0.650. The molecule has 2 aliphatic rings. The Morgan fingerprint density at radius 3 is 2.25 bits per heavy atom. The van der Waals surface area contributed by atoms with Gasteiger partial charge in [0.1, 0.15) is 0 Å². The van der Waals surface area contributed by atoms with Gasteiger partial charge in [0.25, 0.3) is 0 Å². The maximum Gasteiger partial charge on any atom is 0.0775 e. The Morgan fingerprint density at radius 2 is 1.75 bits per heavy atom. The van der Waals surface area contributed by atoms with E-state index in [-0.39, 0.29) is 5.60 Å². The highest BCUT2D eigenvalue weighted by Crippen LogP contribution is 2.38. The maximum atomic E-state index is 6.44. The summed E-state index contributed by atoms with van der Waals surface area (Å²) >= 11 is 2.49. The third-order valence-electron chi connectivity index (χ3n) is 3.83. The molecule has 16 heavy (non-hydrogen) atoms. The van der Waals surface area contributed by atoms with Crippen LogP contribution in [-0.2, 0) is 9.47 Å². The smallest absolute Gasteiger partial charge is 0.0775 e. The number of hydrogen-bond acceptors (Lipinski definition) is 2. The third kappa shape index (κ3) is 3.10. The Bertz CT molecular complexity index is 216. The van der Waals surface area contributed by atoms with Crippen molar-refractivity contribution in [3.63, 3.8) is 0 Å². The molecule has 2 rings (SSSR count). The molecule has 1 aliphatic heterocycles. The van der Waals surface area contributed by atoms with E-state index >= 15 is 0 Å². The number of ether oxygens (including phenoxy) is 2. The molecular formula is C13H23IO2. The molecule has 0 aromatic rings. The molecule has 1 saturated carbocycles. The first-order valence-electron chi connectivity index (χ1n) is 6.53. The van der Waals surface area contributed by atoms with Gasteiger partial charge in [-0.3, -0.25) is 0 Å². The number of rotatable bonds is 3. The Labute approximate surface area is 113 Å². The van der Waals surface area contributed by atoms with Crippen LogP contribution in [-0.4, -0.2) is 28.3 Å². The van der Waals surface area contributed by atoms with Gasteiger partial charge in [-0.2, -0.15) is 0 Å². The normalized spacial score (nSPS) is 38.8. The van der Waals surface area contributed by atoms with Crippen molar-refractivity contribution in [1.29, 1.82) is 0 Å². The van der Waals surface area contributed by atoms with Crippen molar-refractivity contribution < 1.29 is 9.47 Å². The van der Waals surface area contributed by atoms with E-state index in [2.05, 4.69) is 36.4 Å². The van der Waals surface area contributed by atoms with E-state index in [1.54, 1.807) is 0 Å². The average molecular weight is 338 g/mol. The summed E-state index contributed by atoms with van der Waals surface area (Å²) in [5.41, 5.74) is 0.196. The van der Waals surface area contributed by atoms with Crippen molar-refractivity contribution in [2.24, 2.45) is 0 Å². The van der Waals surface area contributed by atoms with E-state index in [0.29, 0.717) is 18.3 Å². The summed E-state index contributed by atoms with van der Waals surface area (Å²) in [6, 6.07) is 0. The molecule has 1 saturated heterocycles. The van der Waals surface area contributed by atoms with Crippen LogP contribution in [0.15, 0.2) is 0 Å². The molecule has 94 valence electrons. The molecule has 2 atom stereocenters. The molecule has 0 amide bonds. The maximum absolute atomic E-state index is 6.44. The highest BCUT2D eigenvalue weighted by molar-refractivity contribution is 14.1. The van der Waals surface area contributed by atoms with Crippen LogP contribution in [0.1, 0.15) is 52.4 Å². The Balaban J connectivity index is 1.92. The second-order valence-electron chi connectivity index (χ2n) is 5.49. The van der Waals surface area contributed by atoms with Crippen LogP contribution in [0.3, 0.4) is 0 Å². The van der Waals surface area contributed by atoms with E-state index in [1.807, 2.05) is 0 Å². The van der Waals surface area contributed by atoms with Crippen LogP contribution in [0.2, 0.25) is 0 Å². The second-order valence-corrected chi connectivity index (χ2v) is 6.26. The summed E-state index contributed by atoms with van der Waals surface area (Å²) in [4.78, 5) is 0. The lowest BCUT2D eigenvalue weighted by Gasteiger charge is -2.38. The zero-order valence-electron chi connectivity index (χ0n) is 10.4. The minimum atomic E-state index is 0.196.